The van der Waals surface area contributed by atoms with Crippen molar-refractivity contribution < 1.29 is 78.0 Å². The molecule has 0 unspecified atom stereocenters. The van der Waals surface area contributed by atoms with Gasteiger partial charge in [0.15, 0.2) is 11.9 Å². The molecule has 1 aromatic heterocycles. The second kappa shape index (κ2) is 38.7. The standard InChI is InChI=1S/C55H89N19O16/c1-26(2)19-35(49(85)74-43(30(7)76)52(88)72-38(53(89)90)20-31-13-9-8-10-14-31)67-39(77)24-64-45(81)33(15-11-17-62-54(57)58)69-47(83)36(21-32-23-61-25-65-32)70-48(84)37(22-40(78)79)71-51(87)42(27(3)4)73-46(82)34(16-12-18-63-55(59)60)68-44(80)28(5)66-50(86)41(56)29(6)75/h8-10,13-14,23,25-30,33-38,41-43,75-76H,11-12,15-22,24,56H2,1-7H3,(H,61,65)(H,64,81)(H,66,86)(H,67,77)(H,68,80)(H,69,83)(H,70,84)(H,71,87)(H,72,88)(H,73,82)(H,74,85)(H,78,79)(H,89,90)(H4,57,58,62)(H4,59,60,63)/t28-,29+,30+,33-,34-,35-,36-,37-,38-,41-,42-,43-/m0/s1. The lowest BCUT2D eigenvalue weighted by molar-refractivity contribution is -0.143. The number of guanidine groups is 2. The molecule has 25 N–H and O–H groups in total. The molecule has 1 aromatic carbocycles. The number of rotatable bonds is 40. The monoisotopic (exact) mass is 1270 g/mol. The molecular formula is C55H89N19O16. The van der Waals surface area contributed by atoms with Crippen molar-refractivity contribution in [2.24, 2.45) is 50.5 Å². The van der Waals surface area contributed by atoms with Crippen molar-refractivity contribution >= 4 is 82.9 Å². The molecule has 90 heavy (non-hydrogen) atoms. The van der Waals surface area contributed by atoms with Crippen LogP contribution in [0.25, 0.3) is 0 Å². The molecule has 0 bridgehead atoms. The van der Waals surface area contributed by atoms with Crippen molar-refractivity contribution in [3.63, 3.8) is 0 Å². The van der Waals surface area contributed by atoms with E-state index in [4.69, 9.17) is 28.7 Å². The lowest BCUT2D eigenvalue weighted by Gasteiger charge is -2.28. The number of benzene rings is 1. The fourth-order valence-electron chi connectivity index (χ4n) is 8.45. The number of aliphatic imine (C=N–C) groups is 2. The number of H-pyrrole nitrogens is 1. The van der Waals surface area contributed by atoms with Crippen molar-refractivity contribution in [3.05, 3.63) is 54.1 Å². The predicted molar refractivity (Wildman–Crippen MR) is 324 cm³/mol. The van der Waals surface area contributed by atoms with Crippen LogP contribution in [-0.4, -0.2) is 206 Å². The SMILES string of the molecule is CC(C)C[C@H](NC(=O)CNC(=O)[C@H](CCCN=C(N)N)NC(=O)[C@H](Cc1cnc[nH]1)NC(=O)[C@H](CC(=O)O)NC(=O)[C@@H](NC(=O)[C@H](CCCN=C(N)N)NC(=O)[C@H](C)NC(=O)[C@@H](N)[C@@H](C)O)C(C)C)C(=O)N[C@H](C(=O)N[C@@H](Cc1ccccc1)C(=O)O)[C@@H](C)O. The quantitative estimate of drug-likeness (QED) is 0.0167. The van der Waals surface area contributed by atoms with Crippen molar-refractivity contribution in [1.29, 1.82) is 0 Å². The minimum atomic E-state index is -1.94. The predicted octanol–water partition coefficient (Wildman–Crippen LogP) is -6.85. The summed E-state index contributed by atoms with van der Waals surface area (Å²) in [6.07, 6.45) is -2.05. The van der Waals surface area contributed by atoms with Crippen LogP contribution >= 0.6 is 0 Å². The molecule has 1 heterocycles. The van der Waals surface area contributed by atoms with E-state index >= 15 is 0 Å². The number of carbonyl (C=O) groups excluding carboxylic acids is 10. The van der Waals surface area contributed by atoms with Crippen molar-refractivity contribution in [2.45, 2.75) is 172 Å². The average molecular weight is 1270 g/mol. The maximum absolute atomic E-state index is 14.3. The summed E-state index contributed by atoms with van der Waals surface area (Å²) >= 11 is 0. The van der Waals surface area contributed by atoms with Gasteiger partial charge in [-0.15, -0.1) is 0 Å². The van der Waals surface area contributed by atoms with E-state index in [1.807, 2.05) is 0 Å². The number of aromatic nitrogens is 2. The van der Waals surface area contributed by atoms with Crippen LogP contribution < -0.4 is 81.8 Å². The number of amides is 10. The summed E-state index contributed by atoms with van der Waals surface area (Å²) in [5.41, 5.74) is 28.4. The number of aliphatic hydroxyl groups excluding tert-OH is 2. The Morgan fingerprint density at radius 2 is 1.04 bits per heavy atom. The molecule has 0 fully saturated rings. The highest BCUT2D eigenvalue weighted by atomic mass is 16.4. The van der Waals surface area contributed by atoms with Crippen LogP contribution in [0.4, 0.5) is 0 Å². The highest BCUT2D eigenvalue weighted by Gasteiger charge is 2.37. The number of nitrogens with zero attached hydrogens (tertiary/aromatic N) is 3. The van der Waals surface area contributed by atoms with Gasteiger partial charge >= 0.3 is 11.9 Å². The van der Waals surface area contributed by atoms with Gasteiger partial charge in [-0.05, 0) is 70.3 Å². The number of aliphatic carboxylic acids is 2. The zero-order valence-electron chi connectivity index (χ0n) is 51.3. The first-order chi connectivity index (χ1) is 42.2. The number of carboxylic acid groups (broad SMARTS) is 2. The van der Waals surface area contributed by atoms with E-state index in [0.29, 0.717) is 5.56 Å². The van der Waals surface area contributed by atoms with E-state index in [9.17, 15) is 78.0 Å². The first-order valence-electron chi connectivity index (χ1n) is 28.9. The topological polar surface area (TPSA) is 590 Å². The lowest BCUT2D eigenvalue weighted by atomic mass is 10.0. The second-order valence-corrected chi connectivity index (χ2v) is 22.0. The van der Waals surface area contributed by atoms with E-state index in [2.05, 4.69) is 73.1 Å². The largest absolute Gasteiger partial charge is 0.481 e. The maximum Gasteiger partial charge on any atom is 0.326 e. The summed E-state index contributed by atoms with van der Waals surface area (Å²) in [5, 5.41) is 64.3. The van der Waals surface area contributed by atoms with Gasteiger partial charge in [-0.25, -0.2) is 9.78 Å². The third-order valence-electron chi connectivity index (χ3n) is 13.3. The Morgan fingerprint density at radius 3 is 1.56 bits per heavy atom. The average Bonchev–Trinajstić information content (AvgIpc) is 1.84. The molecule has 0 aliphatic carbocycles. The number of imidazole rings is 1. The number of hydrogen-bond acceptors (Lipinski definition) is 18. The third-order valence-corrected chi connectivity index (χ3v) is 13.3. The van der Waals surface area contributed by atoms with E-state index in [-0.39, 0.29) is 81.6 Å². The number of carboxylic acids is 2. The summed E-state index contributed by atoms with van der Waals surface area (Å²) in [6.45, 7) is 9.33. The first-order valence-corrected chi connectivity index (χ1v) is 28.9. The van der Waals surface area contributed by atoms with Crippen LogP contribution in [-0.2, 0) is 70.4 Å². The molecule has 500 valence electrons. The van der Waals surface area contributed by atoms with E-state index < -0.39 is 163 Å². The second-order valence-electron chi connectivity index (χ2n) is 22.0. The van der Waals surface area contributed by atoms with Gasteiger partial charge in [-0.2, -0.15) is 0 Å². The zero-order chi connectivity index (χ0) is 67.9. The molecule has 0 aliphatic rings. The van der Waals surface area contributed by atoms with Crippen LogP contribution in [0.5, 0.6) is 0 Å². The minimum Gasteiger partial charge on any atom is -0.481 e. The molecule has 35 nitrogen and oxygen atoms in total. The molecule has 0 spiro atoms. The Balaban J connectivity index is 2.40. The van der Waals surface area contributed by atoms with Gasteiger partial charge < -0.3 is 107 Å². The Bertz CT molecular complexity index is 2790. The summed E-state index contributed by atoms with van der Waals surface area (Å²) in [5.74, 6) is -14.5. The van der Waals surface area contributed by atoms with Crippen molar-refractivity contribution in [1.82, 2.24) is 63.1 Å². The van der Waals surface area contributed by atoms with Crippen molar-refractivity contribution in [2.75, 3.05) is 19.6 Å². The lowest BCUT2D eigenvalue weighted by Crippen LogP contribution is -2.61. The molecule has 35 heteroatoms. The van der Waals surface area contributed by atoms with Gasteiger partial charge in [0, 0.05) is 37.8 Å². The van der Waals surface area contributed by atoms with Gasteiger partial charge in [-0.3, -0.25) is 62.7 Å². The number of carbonyl (C=O) groups is 12. The minimum absolute atomic E-state index is 0.00279. The van der Waals surface area contributed by atoms with Gasteiger partial charge in [0.25, 0.3) is 0 Å². The van der Waals surface area contributed by atoms with Crippen LogP contribution in [0, 0.1) is 11.8 Å². The fraction of sp³-hybridized carbons (Fsp3) is 0.582. The maximum atomic E-state index is 14.3. The molecule has 0 radical (unpaired) electrons. The van der Waals surface area contributed by atoms with Crippen molar-refractivity contribution in [3.8, 4) is 0 Å². The summed E-state index contributed by atoms with van der Waals surface area (Å²) < 4.78 is 0. The molecule has 2 rings (SSSR count). The summed E-state index contributed by atoms with van der Waals surface area (Å²) in [6, 6.07) is -6.86. The highest BCUT2D eigenvalue weighted by molar-refractivity contribution is 5.99. The molecular weight excluding hydrogens is 1180 g/mol. The highest BCUT2D eigenvalue weighted by Crippen LogP contribution is 2.12. The normalized spacial score (nSPS) is 15.1. The Hall–Kier alpha value is -9.51. The molecule has 2 aromatic rings. The summed E-state index contributed by atoms with van der Waals surface area (Å²) in [4.78, 5) is 176. The summed E-state index contributed by atoms with van der Waals surface area (Å²) in [7, 11) is 0. The van der Waals surface area contributed by atoms with E-state index in [1.165, 1.54) is 47.1 Å². The fourth-order valence-corrected chi connectivity index (χ4v) is 8.45. The van der Waals surface area contributed by atoms with Gasteiger partial charge in [0.2, 0.25) is 59.1 Å². The number of aromatic amines is 1. The first kappa shape index (κ1) is 76.6. The van der Waals surface area contributed by atoms with Gasteiger partial charge in [0.1, 0.15) is 60.4 Å². The van der Waals surface area contributed by atoms with Crippen LogP contribution in [0.3, 0.4) is 0 Å². The Labute approximate surface area is 519 Å². The van der Waals surface area contributed by atoms with Crippen LogP contribution in [0.1, 0.15) is 98.2 Å². The smallest absolute Gasteiger partial charge is 0.326 e. The number of hydrogen-bond donors (Lipinski definition) is 20. The molecule has 10 amide bonds. The molecule has 0 saturated carbocycles. The Kier molecular flexibility index (Phi) is 32.9. The zero-order valence-corrected chi connectivity index (χ0v) is 51.3. The molecule has 12 atom stereocenters. The van der Waals surface area contributed by atoms with E-state index in [0.717, 1.165) is 0 Å². The van der Waals surface area contributed by atoms with E-state index in [1.54, 1.807) is 44.2 Å². The number of nitrogens with one attached hydrogen (secondary N) is 11. The third kappa shape index (κ3) is 28.5. The Morgan fingerprint density at radius 1 is 0.544 bits per heavy atom. The number of aliphatic hydroxyl groups is 2. The number of nitrogens with two attached hydrogens (primary N) is 5. The van der Waals surface area contributed by atoms with Crippen LogP contribution in [0.2, 0.25) is 0 Å². The van der Waals surface area contributed by atoms with Crippen LogP contribution in [0.15, 0.2) is 52.8 Å². The molecule has 0 saturated heterocycles. The molecule has 0 aliphatic heterocycles. The van der Waals surface area contributed by atoms with Gasteiger partial charge in [0.05, 0.1) is 31.5 Å². The van der Waals surface area contributed by atoms with Gasteiger partial charge in [-0.1, -0.05) is 58.0 Å².